The first-order chi connectivity index (χ1) is 8.89. The molecule has 0 radical (unpaired) electrons. The lowest BCUT2D eigenvalue weighted by Gasteiger charge is -2.14. The van der Waals surface area contributed by atoms with E-state index >= 15 is 0 Å². The first-order valence-corrected chi connectivity index (χ1v) is 7.57. The minimum absolute atomic E-state index is 0.315. The summed E-state index contributed by atoms with van der Waals surface area (Å²) in [6, 6.07) is 10.8. The Bertz CT molecular complexity index is 314. The molecule has 1 heterocycles. The quantitative estimate of drug-likeness (QED) is 0.682. The molecule has 1 spiro atoms. The van der Waals surface area contributed by atoms with Crippen molar-refractivity contribution in [1.82, 2.24) is 0 Å². The molecule has 3 rings (SSSR count). The van der Waals surface area contributed by atoms with Gasteiger partial charge in [-0.3, -0.25) is 0 Å². The summed E-state index contributed by atoms with van der Waals surface area (Å²) in [7, 11) is 0. The van der Waals surface area contributed by atoms with Crippen molar-refractivity contribution in [2.75, 3.05) is 6.61 Å². The second-order valence-electron chi connectivity index (χ2n) is 4.63. The van der Waals surface area contributed by atoms with E-state index < -0.39 is 0 Å². The minimum atomic E-state index is 0.315. The smallest absolute Gasteiger partial charge is 0.0947 e. The zero-order valence-electron chi connectivity index (χ0n) is 12.4. The summed E-state index contributed by atoms with van der Waals surface area (Å²) >= 11 is 0. The Hall–Kier alpha value is -0.820. The highest BCUT2D eigenvalue weighted by Crippen LogP contribution is 2.49. The highest BCUT2D eigenvalue weighted by Gasteiger charge is 2.53. The molecule has 0 amide bonds. The van der Waals surface area contributed by atoms with Crippen LogP contribution in [0, 0.1) is 5.92 Å². The Kier molecular flexibility index (Phi) is 6.42. The van der Waals surface area contributed by atoms with E-state index in [2.05, 4.69) is 30.3 Å². The standard InChI is InChI=1S/C13H16O.2C2H6/c1-2-5-11(6-3-1)9-12-7-4-8-13(12)10-14-13;2*1-2/h1-3,5-6,12H,4,7-10H2;2*1-2H3. The number of hydrogen-bond acceptors (Lipinski definition) is 1. The molecule has 1 saturated carbocycles. The molecular weight excluding hydrogens is 220 g/mol. The summed E-state index contributed by atoms with van der Waals surface area (Å²) in [5.41, 5.74) is 1.78. The Morgan fingerprint density at radius 1 is 1.11 bits per heavy atom. The number of epoxide rings is 1. The van der Waals surface area contributed by atoms with Gasteiger partial charge in [-0.2, -0.15) is 0 Å². The Morgan fingerprint density at radius 3 is 2.28 bits per heavy atom. The third-order valence-electron chi connectivity index (χ3n) is 3.74. The summed E-state index contributed by atoms with van der Waals surface area (Å²) in [5, 5.41) is 0. The molecule has 1 aliphatic carbocycles. The lowest BCUT2D eigenvalue weighted by atomic mass is 9.90. The number of hydrogen-bond donors (Lipinski definition) is 0. The highest BCUT2D eigenvalue weighted by atomic mass is 16.6. The van der Waals surface area contributed by atoms with Crippen molar-refractivity contribution < 1.29 is 4.74 Å². The average Bonchev–Trinajstić information content (AvgIpc) is 3.14. The Balaban J connectivity index is 0.000000371. The molecule has 2 aliphatic rings. The lowest BCUT2D eigenvalue weighted by molar-refractivity contribution is 0.245. The first kappa shape index (κ1) is 15.2. The molecule has 0 N–H and O–H groups in total. The van der Waals surface area contributed by atoms with Crippen molar-refractivity contribution >= 4 is 0 Å². The molecule has 1 nitrogen and oxygen atoms in total. The second kappa shape index (κ2) is 7.58. The van der Waals surface area contributed by atoms with Crippen LogP contribution in [0.1, 0.15) is 52.5 Å². The minimum Gasteiger partial charge on any atom is -0.369 e. The van der Waals surface area contributed by atoms with Gasteiger partial charge in [0.2, 0.25) is 0 Å². The van der Waals surface area contributed by atoms with Gasteiger partial charge in [0.1, 0.15) is 0 Å². The molecule has 1 saturated heterocycles. The van der Waals surface area contributed by atoms with Crippen LogP contribution in [0.15, 0.2) is 30.3 Å². The topological polar surface area (TPSA) is 12.5 Å². The molecule has 0 bridgehead atoms. The van der Waals surface area contributed by atoms with E-state index in [1.165, 1.54) is 31.2 Å². The van der Waals surface area contributed by atoms with E-state index in [-0.39, 0.29) is 0 Å². The first-order valence-electron chi connectivity index (χ1n) is 7.57. The molecule has 1 heteroatoms. The number of benzene rings is 1. The van der Waals surface area contributed by atoms with Crippen LogP contribution in [-0.2, 0) is 11.2 Å². The van der Waals surface area contributed by atoms with Crippen LogP contribution < -0.4 is 0 Å². The van der Waals surface area contributed by atoms with Crippen LogP contribution >= 0.6 is 0 Å². The second-order valence-corrected chi connectivity index (χ2v) is 4.63. The Labute approximate surface area is 113 Å². The maximum atomic E-state index is 5.64. The van der Waals surface area contributed by atoms with Gasteiger partial charge in [-0.1, -0.05) is 64.4 Å². The maximum Gasteiger partial charge on any atom is 0.0947 e. The van der Waals surface area contributed by atoms with Crippen LogP contribution in [0.2, 0.25) is 0 Å². The van der Waals surface area contributed by atoms with E-state index in [1.807, 2.05) is 27.7 Å². The van der Waals surface area contributed by atoms with Crippen LogP contribution in [0.4, 0.5) is 0 Å². The van der Waals surface area contributed by atoms with E-state index in [1.54, 1.807) is 0 Å². The van der Waals surface area contributed by atoms with Crippen molar-refractivity contribution in [1.29, 1.82) is 0 Å². The van der Waals surface area contributed by atoms with Gasteiger partial charge in [0, 0.05) is 0 Å². The van der Waals surface area contributed by atoms with E-state index in [9.17, 15) is 0 Å². The lowest BCUT2D eigenvalue weighted by Crippen LogP contribution is -2.19. The van der Waals surface area contributed by atoms with Crippen LogP contribution in [0.3, 0.4) is 0 Å². The fraction of sp³-hybridized carbons (Fsp3) is 0.647. The largest absolute Gasteiger partial charge is 0.369 e. The zero-order chi connectivity index (χ0) is 13.4. The molecular formula is C17H28O. The number of rotatable bonds is 2. The van der Waals surface area contributed by atoms with Crippen molar-refractivity contribution in [2.24, 2.45) is 5.92 Å². The van der Waals surface area contributed by atoms with E-state index in [0.717, 1.165) is 12.5 Å². The molecule has 2 unspecified atom stereocenters. The molecule has 18 heavy (non-hydrogen) atoms. The summed E-state index contributed by atoms with van der Waals surface area (Å²) in [5.74, 6) is 0.782. The third kappa shape index (κ3) is 3.58. The zero-order valence-corrected chi connectivity index (χ0v) is 12.4. The van der Waals surface area contributed by atoms with Crippen LogP contribution in [0.25, 0.3) is 0 Å². The molecule has 1 aliphatic heterocycles. The highest BCUT2D eigenvalue weighted by molar-refractivity contribution is 5.18. The van der Waals surface area contributed by atoms with Gasteiger partial charge in [0.05, 0.1) is 12.2 Å². The molecule has 1 aromatic rings. The van der Waals surface area contributed by atoms with Gasteiger partial charge in [-0.25, -0.2) is 0 Å². The van der Waals surface area contributed by atoms with Gasteiger partial charge >= 0.3 is 0 Å². The van der Waals surface area contributed by atoms with E-state index in [4.69, 9.17) is 4.74 Å². The molecule has 1 aromatic carbocycles. The predicted molar refractivity (Wildman–Crippen MR) is 78.9 cm³/mol. The third-order valence-corrected chi connectivity index (χ3v) is 3.74. The summed E-state index contributed by atoms with van der Waals surface area (Å²) in [4.78, 5) is 0. The van der Waals surface area contributed by atoms with Gasteiger partial charge in [-0.05, 0) is 30.7 Å². The fourth-order valence-electron chi connectivity index (χ4n) is 2.77. The van der Waals surface area contributed by atoms with Crippen LogP contribution in [-0.4, -0.2) is 12.2 Å². The average molecular weight is 248 g/mol. The predicted octanol–water partition coefficient (Wildman–Crippen LogP) is 4.85. The monoisotopic (exact) mass is 248 g/mol. The molecule has 2 fully saturated rings. The van der Waals surface area contributed by atoms with Crippen molar-refractivity contribution in [2.45, 2.75) is 59.0 Å². The van der Waals surface area contributed by atoms with Gasteiger partial charge in [0.15, 0.2) is 0 Å². The fourth-order valence-corrected chi connectivity index (χ4v) is 2.77. The summed E-state index contributed by atoms with van der Waals surface area (Å²) in [6.07, 6.45) is 5.22. The molecule has 102 valence electrons. The Morgan fingerprint density at radius 2 is 1.72 bits per heavy atom. The normalized spacial score (nSPS) is 27.9. The van der Waals surface area contributed by atoms with E-state index in [0.29, 0.717) is 5.60 Å². The van der Waals surface area contributed by atoms with Gasteiger partial charge in [-0.15, -0.1) is 0 Å². The summed E-state index contributed by atoms with van der Waals surface area (Å²) < 4.78 is 5.64. The van der Waals surface area contributed by atoms with Gasteiger partial charge < -0.3 is 4.74 Å². The maximum absolute atomic E-state index is 5.64. The van der Waals surface area contributed by atoms with Gasteiger partial charge in [0.25, 0.3) is 0 Å². The number of ether oxygens (including phenoxy) is 1. The van der Waals surface area contributed by atoms with Crippen molar-refractivity contribution in [3.8, 4) is 0 Å². The SMILES string of the molecule is CC.CC.c1ccc(CC2CCCC23CO3)cc1. The van der Waals surface area contributed by atoms with Crippen molar-refractivity contribution in [3.05, 3.63) is 35.9 Å². The molecule has 0 aromatic heterocycles. The van der Waals surface area contributed by atoms with Crippen LogP contribution in [0.5, 0.6) is 0 Å². The summed E-state index contributed by atoms with van der Waals surface area (Å²) in [6.45, 7) is 9.02. The molecule has 2 atom stereocenters. The van der Waals surface area contributed by atoms with Crippen molar-refractivity contribution in [3.63, 3.8) is 0 Å².